The van der Waals surface area contributed by atoms with Crippen molar-refractivity contribution in [2.75, 3.05) is 40.0 Å². The average molecular weight is 423 g/mol. The van der Waals surface area contributed by atoms with Crippen molar-refractivity contribution < 1.29 is 34.1 Å². The number of carbonyl (C=O) groups excluding carboxylic acids is 2. The summed E-state index contributed by atoms with van der Waals surface area (Å²) in [5.41, 5.74) is 1.20. The molecule has 0 bridgehead atoms. The molecule has 1 saturated heterocycles. The quantitative estimate of drug-likeness (QED) is 0.387. The van der Waals surface area contributed by atoms with Gasteiger partial charge in [0, 0.05) is 20.2 Å². The monoisotopic (exact) mass is 423 g/mol. The summed E-state index contributed by atoms with van der Waals surface area (Å²) in [5.74, 6) is -2.43. The first-order chi connectivity index (χ1) is 14.3. The van der Waals surface area contributed by atoms with Crippen molar-refractivity contribution in [1.82, 2.24) is 15.5 Å². The van der Waals surface area contributed by atoms with Gasteiger partial charge in [-0.25, -0.2) is 4.79 Å². The number of ether oxygens (including phenoxy) is 2. The van der Waals surface area contributed by atoms with Crippen LogP contribution in [0.25, 0.3) is 0 Å². The van der Waals surface area contributed by atoms with Gasteiger partial charge in [0.2, 0.25) is 11.8 Å². The molecule has 0 radical (unpaired) electrons. The number of amides is 2. The second kappa shape index (κ2) is 11.6. The van der Waals surface area contributed by atoms with E-state index >= 15 is 0 Å². The van der Waals surface area contributed by atoms with Gasteiger partial charge in [-0.05, 0) is 18.1 Å². The lowest BCUT2D eigenvalue weighted by atomic mass is 10.0. The highest BCUT2D eigenvalue weighted by molar-refractivity contribution is 5.90. The molecule has 10 nitrogen and oxygen atoms in total. The normalized spacial score (nSPS) is 17.6. The second-order valence-electron chi connectivity index (χ2n) is 7.12. The van der Waals surface area contributed by atoms with Crippen LogP contribution < -0.4 is 10.6 Å². The third kappa shape index (κ3) is 7.06. The summed E-state index contributed by atoms with van der Waals surface area (Å²) in [6.45, 7) is 4.32. The molecular formula is C20H29N3O7. The van der Waals surface area contributed by atoms with E-state index in [2.05, 4.69) is 10.6 Å². The minimum absolute atomic E-state index is 0.125. The Morgan fingerprint density at radius 3 is 2.37 bits per heavy atom. The summed E-state index contributed by atoms with van der Waals surface area (Å²) in [6.07, 6.45) is -1.46. The van der Waals surface area contributed by atoms with E-state index in [-0.39, 0.29) is 12.5 Å². The summed E-state index contributed by atoms with van der Waals surface area (Å²) in [4.78, 5) is 38.1. The highest BCUT2D eigenvalue weighted by atomic mass is 16.5. The fourth-order valence-corrected chi connectivity index (χ4v) is 3.04. The van der Waals surface area contributed by atoms with Crippen molar-refractivity contribution in [2.24, 2.45) is 0 Å². The molecule has 4 N–H and O–H groups in total. The zero-order chi connectivity index (χ0) is 22.1. The van der Waals surface area contributed by atoms with Crippen LogP contribution in [0.2, 0.25) is 0 Å². The molecule has 1 aromatic rings. The molecule has 0 spiro atoms. The Labute approximate surface area is 175 Å². The maximum absolute atomic E-state index is 12.4. The Bertz CT molecular complexity index is 720. The van der Waals surface area contributed by atoms with Crippen LogP contribution in [0, 0.1) is 0 Å². The Morgan fingerprint density at radius 2 is 1.80 bits per heavy atom. The number of carboxylic acid groups (broad SMARTS) is 1. The number of carboxylic acids is 1. The molecule has 10 heteroatoms. The lowest BCUT2D eigenvalue weighted by molar-refractivity contribution is -0.145. The van der Waals surface area contributed by atoms with Crippen molar-refractivity contribution in [2.45, 2.75) is 31.7 Å². The molecule has 1 fully saturated rings. The predicted molar refractivity (Wildman–Crippen MR) is 107 cm³/mol. The summed E-state index contributed by atoms with van der Waals surface area (Å²) in [6, 6.07) is 4.04. The second-order valence-corrected chi connectivity index (χ2v) is 7.12. The number of carbonyl (C=O) groups is 3. The first-order valence-corrected chi connectivity index (χ1v) is 9.70. The first-order valence-electron chi connectivity index (χ1n) is 9.70. The number of morpholine rings is 1. The Kier molecular flexibility index (Phi) is 9.18. The van der Waals surface area contributed by atoms with Gasteiger partial charge < -0.3 is 30.3 Å². The summed E-state index contributed by atoms with van der Waals surface area (Å²) in [7, 11) is 1.56. The molecule has 30 heavy (non-hydrogen) atoms. The van der Waals surface area contributed by atoms with Crippen LogP contribution >= 0.6 is 0 Å². The molecule has 0 aromatic heterocycles. The molecule has 1 aliphatic heterocycles. The SMILES string of the molecule is COCc1ccc([C@@H](O)[C@H](NC(=O)[C@H](C)NC(=O)CN2CCOCC2)C(=O)O)cc1. The Balaban J connectivity index is 1.92. The Morgan fingerprint density at radius 1 is 1.17 bits per heavy atom. The van der Waals surface area contributed by atoms with Crippen LogP contribution in [-0.4, -0.2) is 84.9 Å². The van der Waals surface area contributed by atoms with Crippen molar-refractivity contribution in [3.8, 4) is 0 Å². The predicted octanol–water partition coefficient (Wildman–Crippen LogP) is -0.727. The molecule has 0 unspecified atom stereocenters. The van der Waals surface area contributed by atoms with E-state index in [4.69, 9.17) is 9.47 Å². The summed E-state index contributed by atoms with van der Waals surface area (Å²) < 4.78 is 10.2. The van der Waals surface area contributed by atoms with Crippen LogP contribution in [0.3, 0.4) is 0 Å². The minimum Gasteiger partial charge on any atom is -0.480 e. The number of nitrogens with zero attached hydrogens (tertiary/aromatic N) is 1. The van der Waals surface area contributed by atoms with E-state index in [0.29, 0.717) is 38.5 Å². The molecule has 1 heterocycles. The molecular weight excluding hydrogens is 394 g/mol. The smallest absolute Gasteiger partial charge is 0.329 e. The maximum atomic E-state index is 12.4. The van der Waals surface area contributed by atoms with Crippen LogP contribution in [0.1, 0.15) is 24.2 Å². The van der Waals surface area contributed by atoms with Gasteiger partial charge in [0.05, 0.1) is 26.4 Å². The van der Waals surface area contributed by atoms with E-state index in [1.807, 2.05) is 4.90 Å². The maximum Gasteiger partial charge on any atom is 0.329 e. The van der Waals surface area contributed by atoms with Gasteiger partial charge in [0.15, 0.2) is 6.04 Å². The van der Waals surface area contributed by atoms with Gasteiger partial charge in [-0.15, -0.1) is 0 Å². The molecule has 0 saturated carbocycles. The van der Waals surface area contributed by atoms with E-state index < -0.39 is 30.1 Å². The molecule has 2 amide bonds. The number of hydrogen-bond donors (Lipinski definition) is 4. The first kappa shape index (κ1) is 23.7. The molecule has 1 aromatic carbocycles. The van der Waals surface area contributed by atoms with Gasteiger partial charge >= 0.3 is 5.97 Å². The van der Waals surface area contributed by atoms with E-state index in [1.165, 1.54) is 6.92 Å². The molecule has 1 aliphatic rings. The van der Waals surface area contributed by atoms with E-state index in [9.17, 15) is 24.6 Å². The number of rotatable bonds is 10. The number of methoxy groups -OCH3 is 1. The third-order valence-corrected chi connectivity index (χ3v) is 4.75. The standard InChI is InChI=1S/C20H29N3O7/c1-13(21-16(24)11-23-7-9-30-10-8-23)19(26)22-17(20(27)28)18(25)15-5-3-14(4-6-15)12-29-2/h3-6,13,17-18,25H,7-12H2,1-2H3,(H,21,24)(H,22,26)(H,27,28)/t13-,17-,18+/m0/s1. The third-order valence-electron chi connectivity index (χ3n) is 4.75. The zero-order valence-electron chi connectivity index (χ0n) is 17.2. The van der Waals surface area contributed by atoms with Gasteiger partial charge in [0.25, 0.3) is 0 Å². The van der Waals surface area contributed by atoms with Crippen molar-refractivity contribution in [3.05, 3.63) is 35.4 Å². The van der Waals surface area contributed by atoms with Crippen LogP contribution in [-0.2, 0) is 30.5 Å². The lowest BCUT2D eigenvalue weighted by Crippen LogP contribution is -2.53. The van der Waals surface area contributed by atoms with E-state index in [1.54, 1.807) is 31.4 Å². The fraction of sp³-hybridized carbons (Fsp3) is 0.550. The van der Waals surface area contributed by atoms with Crippen molar-refractivity contribution in [1.29, 1.82) is 0 Å². The van der Waals surface area contributed by atoms with Crippen LogP contribution in [0.5, 0.6) is 0 Å². The van der Waals surface area contributed by atoms with E-state index in [0.717, 1.165) is 5.56 Å². The summed E-state index contributed by atoms with van der Waals surface area (Å²) >= 11 is 0. The number of aliphatic carboxylic acids is 1. The highest BCUT2D eigenvalue weighted by Crippen LogP contribution is 2.18. The van der Waals surface area contributed by atoms with Gasteiger partial charge in [-0.1, -0.05) is 24.3 Å². The van der Waals surface area contributed by atoms with Crippen molar-refractivity contribution >= 4 is 17.8 Å². The molecule has 166 valence electrons. The topological polar surface area (TPSA) is 137 Å². The average Bonchev–Trinajstić information content (AvgIpc) is 2.72. The highest BCUT2D eigenvalue weighted by Gasteiger charge is 2.31. The zero-order valence-corrected chi connectivity index (χ0v) is 17.2. The molecule has 3 atom stereocenters. The number of hydrogen-bond acceptors (Lipinski definition) is 7. The van der Waals surface area contributed by atoms with Crippen LogP contribution in [0.4, 0.5) is 0 Å². The fourth-order valence-electron chi connectivity index (χ4n) is 3.04. The molecule has 0 aliphatic carbocycles. The Hall–Kier alpha value is -2.53. The number of nitrogens with one attached hydrogen (secondary N) is 2. The van der Waals surface area contributed by atoms with Gasteiger partial charge in [-0.2, -0.15) is 0 Å². The lowest BCUT2D eigenvalue weighted by Gasteiger charge is -2.27. The van der Waals surface area contributed by atoms with Crippen molar-refractivity contribution in [3.63, 3.8) is 0 Å². The van der Waals surface area contributed by atoms with Crippen LogP contribution in [0.15, 0.2) is 24.3 Å². The number of aliphatic hydroxyl groups is 1. The largest absolute Gasteiger partial charge is 0.480 e. The number of benzene rings is 1. The van der Waals surface area contributed by atoms with Gasteiger partial charge in [0.1, 0.15) is 12.1 Å². The number of aliphatic hydroxyl groups excluding tert-OH is 1. The minimum atomic E-state index is -1.57. The van der Waals surface area contributed by atoms with Gasteiger partial charge in [-0.3, -0.25) is 14.5 Å². The molecule has 2 rings (SSSR count). The summed E-state index contributed by atoms with van der Waals surface area (Å²) in [5, 5.41) is 24.8.